The first-order valence-electron chi connectivity index (χ1n) is 6.42. The average Bonchev–Trinajstić information content (AvgIpc) is 2.08. The fraction of sp³-hybridized carbons (Fsp3) is 1.00. The zero-order valence-corrected chi connectivity index (χ0v) is 14.1. The molecule has 0 radical (unpaired) electrons. The van der Waals surface area contributed by atoms with E-state index < -0.39 is 10.0 Å². The second kappa shape index (κ2) is 6.58. The van der Waals surface area contributed by atoms with Gasteiger partial charge in [-0.2, -0.15) is 0 Å². The molecule has 1 atom stereocenters. The highest BCUT2D eigenvalue weighted by atomic mass is 35.5. The highest BCUT2D eigenvalue weighted by Crippen LogP contribution is 2.23. The largest absolute Gasteiger partial charge is 0.214 e. The van der Waals surface area contributed by atoms with E-state index in [9.17, 15) is 8.42 Å². The molecule has 0 fully saturated rings. The lowest BCUT2D eigenvalue weighted by molar-refractivity contribution is 0.368. The Morgan fingerprint density at radius 2 is 1.56 bits per heavy atom. The lowest BCUT2D eigenvalue weighted by Crippen LogP contribution is -2.34. The van der Waals surface area contributed by atoms with Crippen molar-refractivity contribution >= 4 is 21.6 Å². The smallest absolute Gasteiger partial charge is 0.211 e. The summed E-state index contributed by atoms with van der Waals surface area (Å²) in [6, 6.07) is 0. The van der Waals surface area contributed by atoms with E-state index >= 15 is 0 Å². The Morgan fingerprint density at radius 3 is 1.94 bits per heavy atom. The van der Waals surface area contributed by atoms with Gasteiger partial charge in [-0.3, -0.25) is 0 Å². The predicted octanol–water partition coefficient (Wildman–Crippen LogP) is 3.39. The summed E-state index contributed by atoms with van der Waals surface area (Å²) in [7, 11) is -3.20. The van der Waals surface area contributed by atoms with Gasteiger partial charge in [0.1, 0.15) is 0 Å². The van der Waals surface area contributed by atoms with E-state index in [0.717, 1.165) is 6.42 Å². The fourth-order valence-corrected chi connectivity index (χ4v) is 3.58. The zero-order chi connectivity index (χ0) is 14.6. The number of rotatable bonds is 6. The van der Waals surface area contributed by atoms with Crippen LogP contribution in [0, 0.1) is 10.8 Å². The first-order valence-corrected chi connectivity index (χ1v) is 8.51. The van der Waals surface area contributed by atoms with Crippen LogP contribution in [0.3, 0.4) is 0 Å². The molecule has 3 nitrogen and oxygen atoms in total. The maximum atomic E-state index is 11.8. The molecule has 0 aliphatic heterocycles. The van der Waals surface area contributed by atoms with E-state index in [4.69, 9.17) is 11.6 Å². The maximum Gasteiger partial charge on any atom is 0.211 e. The third-order valence-corrected chi connectivity index (χ3v) is 4.14. The molecule has 0 rings (SSSR count). The molecule has 0 bridgehead atoms. The van der Waals surface area contributed by atoms with Crippen molar-refractivity contribution in [3.63, 3.8) is 0 Å². The van der Waals surface area contributed by atoms with Crippen LogP contribution in [0.2, 0.25) is 0 Å². The van der Waals surface area contributed by atoms with Crippen molar-refractivity contribution < 1.29 is 8.42 Å². The summed E-state index contributed by atoms with van der Waals surface area (Å²) < 4.78 is 26.1. The fourth-order valence-electron chi connectivity index (χ4n) is 1.47. The van der Waals surface area contributed by atoms with Crippen LogP contribution < -0.4 is 4.72 Å². The van der Waals surface area contributed by atoms with E-state index in [-0.39, 0.29) is 22.0 Å². The van der Waals surface area contributed by atoms with Gasteiger partial charge in [0.15, 0.2) is 0 Å². The Morgan fingerprint density at radius 1 is 1.06 bits per heavy atom. The molecular formula is C13H28ClNO2S. The van der Waals surface area contributed by atoms with Gasteiger partial charge in [0.2, 0.25) is 10.0 Å². The molecule has 0 aliphatic carbocycles. The summed E-state index contributed by atoms with van der Waals surface area (Å²) in [6.07, 6.45) is 1.44. The average molecular weight is 298 g/mol. The van der Waals surface area contributed by atoms with Gasteiger partial charge in [-0.25, -0.2) is 13.1 Å². The molecule has 1 N–H and O–H groups in total. The molecule has 0 spiro atoms. The van der Waals surface area contributed by atoms with Crippen molar-refractivity contribution in [3.05, 3.63) is 0 Å². The van der Waals surface area contributed by atoms with Crippen LogP contribution in [0.5, 0.6) is 0 Å². The molecule has 0 saturated heterocycles. The Kier molecular flexibility index (Phi) is 6.65. The summed E-state index contributed by atoms with van der Waals surface area (Å²) in [6.45, 7) is 12.7. The van der Waals surface area contributed by atoms with Crippen LogP contribution in [0.25, 0.3) is 0 Å². The van der Waals surface area contributed by atoms with E-state index in [1.165, 1.54) is 0 Å². The number of hydrogen-bond donors (Lipinski definition) is 1. The van der Waals surface area contributed by atoms with Gasteiger partial charge in [0.05, 0.1) is 5.75 Å². The van der Waals surface area contributed by atoms with Crippen molar-refractivity contribution in [2.24, 2.45) is 10.8 Å². The summed E-state index contributed by atoms with van der Waals surface area (Å²) in [5, 5.41) is -0.158. The molecule has 1 unspecified atom stereocenters. The van der Waals surface area contributed by atoms with Crippen LogP contribution in [0.4, 0.5) is 0 Å². The molecule has 110 valence electrons. The van der Waals surface area contributed by atoms with E-state index in [1.54, 1.807) is 0 Å². The normalized spacial score (nSPS) is 15.7. The summed E-state index contributed by atoms with van der Waals surface area (Å²) in [5.74, 6) is 0.162. The predicted molar refractivity (Wildman–Crippen MR) is 79.6 cm³/mol. The number of sulfonamides is 1. The summed E-state index contributed by atoms with van der Waals surface area (Å²) >= 11 is 6.13. The number of halogens is 1. The highest BCUT2D eigenvalue weighted by Gasteiger charge is 2.20. The monoisotopic (exact) mass is 297 g/mol. The van der Waals surface area contributed by atoms with Crippen molar-refractivity contribution in [3.8, 4) is 0 Å². The maximum absolute atomic E-state index is 11.8. The third-order valence-electron chi connectivity index (χ3n) is 2.48. The number of hydrogen-bond acceptors (Lipinski definition) is 2. The zero-order valence-electron chi connectivity index (χ0n) is 12.5. The standard InChI is InChI=1S/C13H28ClNO2S/c1-12(2,3)7-8-18(16,17)15-10-11(14)9-13(4,5)6/h11,15H,7-10H2,1-6H3. The molecule has 5 heteroatoms. The van der Waals surface area contributed by atoms with Gasteiger partial charge in [0.25, 0.3) is 0 Å². The van der Waals surface area contributed by atoms with Crippen molar-refractivity contribution in [1.29, 1.82) is 0 Å². The van der Waals surface area contributed by atoms with Gasteiger partial charge in [-0.1, -0.05) is 41.5 Å². The van der Waals surface area contributed by atoms with Gasteiger partial charge in [-0.15, -0.1) is 11.6 Å². The minimum atomic E-state index is -3.20. The van der Waals surface area contributed by atoms with Crippen molar-refractivity contribution in [1.82, 2.24) is 4.72 Å². The first-order chi connectivity index (χ1) is 7.81. The number of alkyl halides is 1. The second-order valence-electron chi connectivity index (χ2n) is 7.34. The SMILES string of the molecule is CC(C)(C)CCS(=O)(=O)NCC(Cl)CC(C)(C)C. The topological polar surface area (TPSA) is 46.2 Å². The van der Waals surface area contributed by atoms with E-state index in [1.807, 2.05) is 20.8 Å². The van der Waals surface area contributed by atoms with Crippen LogP contribution in [-0.2, 0) is 10.0 Å². The second-order valence-corrected chi connectivity index (χ2v) is 9.88. The van der Waals surface area contributed by atoms with Gasteiger partial charge in [0, 0.05) is 11.9 Å². The third kappa shape index (κ3) is 11.3. The Bertz CT molecular complexity index is 339. The van der Waals surface area contributed by atoms with Crippen molar-refractivity contribution in [2.75, 3.05) is 12.3 Å². The van der Waals surface area contributed by atoms with Crippen molar-refractivity contribution in [2.45, 2.75) is 59.8 Å². The van der Waals surface area contributed by atoms with Gasteiger partial charge < -0.3 is 0 Å². The first kappa shape index (κ1) is 18.2. The summed E-state index contributed by atoms with van der Waals surface area (Å²) in [4.78, 5) is 0. The molecular weight excluding hydrogens is 270 g/mol. The highest BCUT2D eigenvalue weighted by molar-refractivity contribution is 7.89. The van der Waals surface area contributed by atoms with Crippen LogP contribution in [0.15, 0.2) is 0 Å². The quantitative estimate of drug-likeness (QED) is 0.764. The molecule has 0 heterocycles. The molecule has 0 aliphatic rings. The lowest BCUT2D eigenvalue weighted by atomic mass is 9.90. The summed E-state index contributed by atoms with van der Waals surface area (Å²) in [5.41, 5.74) is 0.143. The van der Waals surface area contributed by atoms with Gasteiger partial charge >= 0.3 is 0 Å². The molecule has 18 heavy (non-hydrogen) atoms. The molecule has 0 aromatic heterocycles. The Hall–Kier alpha value is 0.200. The minimum absolute atomic E-state index is 0.0283. The molecule has 0 saturated carbocycles. The van der Waals surface area contributed by atoms with E-state index in [2.05, 4.69) is 25.5 Å². The van der Waals surface area contributed by atoms with Crippen LogP contribution in [-0.4, -0.2) is 26.1 Å². The molecule has 0 aromatic rings. The van der Waals surface area contributed by atoms with Crippen LogP contribution in [0.1, 0.15) is 54.4 Å². The molecule has 0 aromatic carbocycles. The van der Waals surface area contributed by atoms with Crippen LogP contribution >= 0.6 is 11.6 Å². The molecule has 0 amide bonds. The van der Waals surface area contributed by atoms with E-state index in [0.29, 0.717) is 13.0 Å². The lowest BCUT2D eigenvalue weighted by Gasteiger charge is -2.22. The minimum Gasteiger partial charge on any atom is -0.214 e. The Labute approximate surface area is 118 Å². The van der Waals surface area contributed by atoms with Gasteiger partial charge in [-0.05, 0) is 23.7 Å². The Balaban J connectivity index is 4.12. The number of nitrogens with one attached hydrogen (secondary N) is 1.